The van der Waals surface area contributed by atoms with Crippen molar-refractivity contribution in [2.24, 2.45) is 5.92 Å². The fourth-order valence-electron chi connectivity index (χ4n) is 2.07. The number of nitrogens with one attached hydrogen (secondary N) is 1. The SMILES string of the molecule is O=C(CN1CCC(C(=O)O)C1)NCc1ccc(Cl)s1. The Morgan fingerprint density at radius 2 is 2.32 bits per heavy atom. The van der Waals surface area contributed by atoms with E-state index in [1.54, 1.807) is 6.07 Å². The number of aliphatic carboxylic acids is 1. The van der Waals surface area contributed by atoms with E-state index < -0.39 is 5.97 Å². The topological polar surface area (TPSA) is 69.6 Å². The van der Waals surface area contributed by atoms with Gasteiger partial charge in [0.1, 0.15) is 0 Å². The summed E-state index contributed by atoms with van der Waals surface area (Å²) in [7, 11) is 0. The maximum absolute atomic E-state index is 11.7. The van der Waals surface area contributed by atoms with E-state index in [1.165, 1.54) is 11.3 Å². The van der Waals surface area contributed by atoms with Crippen LogP contribution >= 0.6 is 22.9 Å². The molecule has 1 aromatic rings. The number of rotatable bonds is 5. The summed E-state index contributed by atoms with van der Waals surface area (Å²) in [6, 6.07) is 3.68. The minimum atomic E-state index is -0.781. The summed E-state index contributed by atoms with van der Waals surface area (Å²) in [5, 5.41) is 11.7. The van der Waals surface area contributed by atoms with Gasteiger partial charge < -0.3 is 10.4 Å². The average Bonchev–Trinajstić information content (AvgIpc) is 2.96. The molecule has 1 amide bonds. The Hall–Kier alpha value is -1.11. The summed E-state index contributed by atoms with van der Waals surface area (Å²) < 4.78 is 0.702. The van der Waals surface area contributed by atoms with Crippen molar-refractivity contribution < 1.29 is 14.7 Å². The Morgan fingerprint density at radius 3 is 2.89 bits per heavy atom. The molecule has 0 spiro atoms. The van der Waals surface area contributed by atoms with Crippen LogP contribution in [0.4, 0.5) is 0 Å². The number of carboxylic acid groups (broad SMARTS) is 1. The zero-order valence-electron chi connectivity index (χ0n) is 10.3. The van der Waals surface area contributed by atoms with E-state index in [0.717, 1.165) is 4.88 Å². The molecule has 104 valence electrons. The van der Waals surface area contributed by atoms with Crippen LogP contribution in [-0.4, -0.2) is 41.5 Å². The summed E-state index contributed by atoms with van der Waals surface area (Å²) in [6.45, 7) is 1.83. The maximum atomic E-state index is 11.7. The zero-order chi connectivity index (χ0) is 13.8. The molecule has 1 aliphatic rings. The summed E-state index contributed by atoms with van der Waals surface area (Å²) in [4.78, 5) is 25.4. The van der Waals surface area contributed by atoms with Gasteiger partial charge in [0.2, 0.25) is 5.91 Å². The van der Waals surface area contributed by atoms with Crippen LogP contribution < -0.4 is 5.32 Å². The van der Waals surface area contributed by atoms with E-state index in [1.807, 2.05) is 11.0 Å². The van der Waals surface area contributed by atoms with Crippen molar-refractivity contribution in [3.8, 4) is 0 Å². The lowest BCUT2D eigenvalue weighted by molar-refractivity contribution is -0.141. The van der Waals surface area contributed by atoms with Crippen LogP contribution in [0.15, 0.2) is 12.1 Å². The van der Waals surface area contributed by atoms with Crippen LogP contribution in [0.3, 0.4) is 0 Å². The lowest BCUT2D eigenvalue weighted by Crippen LogP contribution is -2.36. The molecule has 0 aromatic carbocycles. The Labute approximate surface area is 120 Å². The number of carboxylic acids is 1. The molecule has 1 aromatic heterocycles. The molecule has 19 heavy (non-hydrogen) atoms. The third-order valence-corrected chi connectivity index (χ3v) is 4.31. The number of likely N-dealkylation sites (tertiary alicyclic amines) is 1. The Balaban J connectivity index is 1.72. The Morgan fingerprint density at radius 1 is 1.53 bits per heavy atom. The van der Waals surface area contributed by atoms with Crippen molar-refractivity contribution in [2.45, 2.75) is 13.0 Å². The fraction of sp³-hybridized carbons (Fsp3) is 0.500. The number of carbonyl (C=O) groups excluding carboxylic acids is 1. The van der Waals surface area contributed by atoms with Gasteiger partial charge in [-0.1, -0.05) is 11.6 Å². The molecular formula is C12H15ClN2O3S. The van der Waals surface area contributed by atoms with Gasteiger partial charge in [-0.3, -0.25) is 14.5 Å². The summed E-state index contributed by atoms with van der Waals surface area (Å²) in [6.07, 6.45) is 0.614. The molecule has 1 atom stereocenters. The normalized spacial score (nSPS) is 19.5. The Kier molecular flexibility index (Phi) is 4.79. The van der Waals surface area contributed by atoms with Gasteiger partial charge in [0.15, 0.2) is 0 Å². The molecule has 0 saturated carbocycles. The molecule has 2 heterocycles. The highest BCUT2D eigenvalue weighted by atomic mass is 35.5. The lowest BCUT2D eigenvalue weighted by atomic mass is 10.1. The van der Waals surface area contributed by atoms with Crippen LogP contribution in [0.1, 0.15) is 11.3 Å². The first kappa shape index (κ1) is 14.3. The van der Waals surface area contributed by atoms with Gasteiger partial charge in [-0.05, 0) is 25.1 Å². The van der Waals surface area contributed by atoms with Gasteiger partial charge in [-0.2, -0.15) is 0 Å². The van der Waals surface area contributed by atoms with Crippen LogP contribution in [0.2, 0.25) is 4.34 Å². The van der Waals surface area contributed by atoms with Crippen molar-refractivity contribution in [2.75, 3.05) is 19.6 Å². The van der Waals surface area contributed by atoms with Gasteiger partial charge in [0, 0.05) is 11.4 Å². The van der Waals surface area contributed by atoms with Crippen molar-refractivity contribution in [1.29, 1.82) is 0 Å². The summed E-state index contributed by atoms with van der Waals surface area (Å²) in [5.74, 6) is -1.21. The number of nitrogens with zero attached hydrogens (tertiary/aromatic N) is 1. The molecule has 2 N–H and O–H groups in total. The monoisotopic (exact) mass is 302 g/mol. The number of thiophene rings is 1. The number of amides is 1. The van der Waals surface area contributed by atoms with E-state index in [0.29, 0.717) is 30.4 Å². The first-order chi connectivity index (χ1) is 9.04. The van der Waals surface area contributed by atoms with E-state index in [-0.39, 0.29) is 18.4 Å². The van der Waals surface area contributed by atoms with Crippen LogP contribution in [0, 0.1) is 5.92 Å². The molecule has 7 heteroatoms. The minimum absolute atomic E-state index is 0.0874. The Bertz CT molecular complexity index is 477. The molecule has 2 rings (SSSR count). The van der Waals surface area contributed by atoms with E-state index in [2.05, 4.69) is 5.32 Å². The number of hydrogen-bond donors (Lipinski definition) is 2. The van der Waals surface area contributed by atoms with Gasteiger partial charge in [-0.15, -0.1) is 11.3 Å². The molecule has 0 radical (unpaired) electrons. The smallest absolute Gasteiger partial charge is 0.307 e. The highest BCUT2D eigenvalue weighted by Crippen LogP contribution is 2.21. The van der Waals surface area contributed by atoms with Crippen LogP contribution in [0.25, 0.3) is 0 Å². The van der Waals surface area contributed by atoms with Crippen molar-refractivity contribution in [3.63, 3.8) is 0 Å². The number of hydrogen-bond acceptors (Lipinski definition) is 4. The number of halogens is 1. The largest absolute Gasteiger partial charge is 0.481 e. The third-order valence-electron chi connectivity index (χ3n) is 3.08. The first-order valence-corrected chi connectivity index (χ1v) is 7.20. The second-order valence-electron chi connectivity index (χ2n) is 4.54. The van der Waals surface area contributed by atoms with Gasteiger partial charge >= 0.3 is 5.97 Å². The summed E-state index contributed by atoms with van der Waals surface area (Å²) in [5.41, 5.74) is 0. The van der Waals surface area contributed by atoms with Gasteiger partial charge in [0.25, 0.3) is 0 Å². The van der Waals surface area contributed by atoms with Crippen molar-refractivity contribution in [3.05, 3.63) is 21.3 Å². The third kappa shape index (κ3) is 4.19. The molecule has 1 unspecified atom stereocenters. The van der Waals surface area contributed by atoms with Crippen LogP contribution in [0.5, 0.6) is 0 Å². The highest BCUT2D eigenvalue weighted by molar-refractivity contribution is 7.16. The van der Waals surface area contributed by atoms with Gasteiger partial charge in [-0.25, -0.2) is 0 Å². The molecule has 1 saturated heterocycles. The molecular weight excluding hydrogens is 288 g/mol. The fourth-order valence-corrected chi connectivity index (χ4v) is 3.10. The van der Waals surface area contributed by atoms with E-state index in [9.17, 15) is 9.59 Å². The number of carbonyl (C=O) groups is 2. The second kappa shape index (κ2) is 6.36. The predicted molar refractivity (Wildman–Crippen MR) is 73.4 cm³/mol. The van der Waals surface area contributed by atoms with Crippen molar-refractivity contribution >= 4 is 34.8 Å². The quantitative estimate of drug-likeness (QED) is 0.863. The molecule has 1 aliphatic heterocycles. The van der Waals surface area contributed by atoms with Crippen LogP contribution in [-0.2, 0) is 16.1 Å². The van der Waals surface area contributed by atoms with Crippen molar-refractivity contribution in [1.82, 2.24) is 10.2 Å². The lowest BCUT2D eigenvalue weighted by Gasteiger charge is -2.14. The second-order valence-corrected chi connectivity index (χ2v) is 6.34. The maximum Gasteiger partial charge on any atom is 0.307 e. The van der Waals surface area contributed by atoms with E-state index >= 15 is 0 Å². The molecule has 5 nitrogen and oxygen atoms in total. The van der Waals surface area contributed by atoms with Gasteiger partial charge in [0.05, 0.1) is 23.3 Å². The van der Waals surface area contributed by atoms with E-state index in [4.69, 9.17) is 16.7 Å². The standard InChI is InChI=1S/C12H15ClN2O3S/c13-10-2-1-9(19-10)5-14-11(16)7-15-4-3-8(6-15)12(17)18/h1-2,8H,3-7H2,(H,14,16)(H,17,18). The average molecular weight is 303 g/mol. The zero-order valence-corrected chi connectivity index (χ0v) is 11.8. The summed E-state index contributed by atoms with van der Waals surface area (Å²) >= 11 is 7.24. The first-order valence-electron chi connectivity index (χ1n) is 6.00. The molecule has 1 fully saturated rings. The predicted octanol–water partition coefficient (Wildman–Crippen LogP) is 1.42. The molecule has 0 bridgehead atoms. The highest BCUT2D eigenvalue weighted by Gasteiger charge is 2.28. The molecule has 0 aliphatic carbocycles. The minimum Gasteiger partial charge on any atom is -0.481 e.